The molecule has 1 N–H and O–H groups in total. The third-order valence-electron chi connectivity index (χ3n) is 3.33. The molecule has 2 aliphatic rings. The molecule has 0 aliphatic carbocycles. The van der Waals surface area contributed by atoms with Gasteiger partial charge in [0.25, 0.3) is 0 Å². The molecule has 1 fully saturated rings. The van der Waals surface area contributed by atoms with Crippen molar-refractivity contribution in [2.75, 3.05) is 18.8 Å². The van der Waals surface area contributed by atoms with E-state index in [4.69, 9.17) is 5.11 Å². The first-order chi connectivity index (χ1) is 8.50. The fourth-order valence-corrected chi connectivity index (χ4v) is 3.52. The zero-order chi connectivity index (χ0) is 13.3. The van der Waals surface area contributed by atoms with Gasteiger partial charge in [-0.05, 0) is 20.3 Å². The Labute approximate surface area is 111 Å². The van der Waals surface area contributed by atoms with Gasteiger partial charge >= 0.3 is 12.0 Å². The van der Waals surface area contributed by atoms with Crippen LogP contribution >= 0.6 is 11.8 Å². The van der Waals surface area contributed by atoms with E-state index in [1.165, 1.54) is 22.2 Å². The molecule has 0 saturated carbocycles. The van der Waals surface area contributed by atoms with Gasteiger partial charge in [-0.2, -0.15) is 0 Å². The van der Waals surface area contributed by atoms with Crippen molar-refractivity contribution in [3.05, 3.63) is 11.6 Å². The van der Waals surface area contributed by atoms with Crippen molar-refractivity contribution in [2.45, 2.75) is 31.7 Å². The van der Waals surface area contributed by atoms with E-state index >= 15 is 0 Å². The van der Waals surface area contributed by atoms with Crippen LogP contribution in [0.3, 0.4) is 0 Å². The summed E-state index contributed by atoms with van der Waals surface area (Å²) in [7, 11) is 0. The number of hydrogen-bond acceptors (Lipinski definition) is 3. The number of amides is 2. The van der Waals surface area contributed by atoms with Gasteiger partial charge in [-0.25, -0.2) is 9.59 Å². The highest BCUT2D eigenvalue weighted by atomic mass is 32.2. The van der Waals surface area contributed by atoms with E-state index in [0.29, 0.717) is 18.8 Å². The third-order valence-corrected chi connectivity index (χ3v) is 4.55. The van der Waals surface area contributed by atoms with Gasteiger partial charge in [-0.3, -0.25) is 4.90 Å². The topological polar surface area (TPSA) is 60.9 Å². The van der Waals surface area contributed by atoms with Crippen LogP contribution < -0.4 is 0 Å². The smallest absolute Gasteiger partial charge is 0.327 e. The standard InChI is InChI=1S/C12H18N2O3S/c1-8-4-3-5-13(6-8)12(17)14-9(2)18-7-10(14)11(15)16/h4,9-10H,3,5-7H2,1-2H3,(H,15,16). The highest BCUT2D eigenvalue weighted by molar-refractivity contribution is 8.00. The Hall–Kier alpha value is -1.17. The number of carbonyl (C=O) groups is 2. The maximum atomic E-state index is 12.4. The molecule has 2 aliphatic heterocycles. The Bertz CT molecular complexity index is 397. The predicted molar refractivity (Wildman–Crippen MR) is 70.5 cm³/mol. The molecule has 2 rings (SSSR count). The van der Waals surface area contributed by atoms with Crippen molar-refractivity contribution in [3.63, 3.8) is 0 Å². The summed E-state index contributed by atoms with van der Waals surface area (Å²) < 4.78 is 0. The second-order valence-electron chi connectivity index (χ2n) is 4.74. The van der Waals surface area contributed by atoms with E-state index in [0.717, 1.165) is 6.42 Å². The van der Waals surface area contributed by atoms with Gasteiger partial charge in [0.15, 0.2) is 0 Å². The summed E-state index contributed by atoms with van der Waals surface area (Å²) in [5.74, 6) is -0.435. The highest BCUT2D eigenvalue weighted by Crippen LogP contribution is 2.30. The van der Waals surface area contributed by atoms with Crippen LogP contribution in [0.1, 0.15) is 20.3 Å². The number of carbonyl (C=O) groups excluding carboxylic acids is 1. The van der Waals surface area contributed by atoms with Crippen molar-refractivity contribution in [2.24, 2.45) is 0 Å². The molecule has 0 aromatic carbocycles. The molecular weight excluding hydrogens is 252 g/mol. The van der Waals surface area contributed by atoms with Crippen LogP contribution in [-0.2, 0) is 4.79 Å². The number of nitrogens with zero attached hydrogens (tertiary/aromatic N) is 2. The fourth-order valence-electron chi connectivity index (χ4n) is 2.36. The van der Waals surface area contributed by atoms with Crippen LogP contribution in [0.25, 0.3) is 0 Å². The highest BCUT2D eigenvalue weighted by Gasteiger charge is 2.41. The Morgan fingerprint density at radius 3 is 2.83 bits per heavy atom. The summed E-state index contributed by atoms with van der Waals surface area (Å²) in [6.07, 6.45) is 2.98. The molecule has 6 heteroatoms. The molecule has 2 amide bonds. The molecule has 2 atom stereocenters. The molecule has 0 spiro atoms. The van der Waals surface area contributed by atoms with Crippen LogP contribution in [-0.4, -0.2) is 57.2 Å². The van der Waals surface area contributed by atoms with Crippen molar-refractivity contribution in [1.82, 2.24) is 9.80 Å². The van der Waals surface area contributed by atoms with Crippen LogP contribution in [0.15, 0.2) is 11.6 Å². The van der Waals surface area contributed by atoms with Crippen LogP contribution in [0.5, 0.6) is 0 Å². The second kappa shape index (κ2) is 5.22. The molecule has 0 aromatic rings. The normalized spacial score (nSPS) is 28.2. The molecule has 0 bridgehead atoms. The molecule has 0 radical (unpaired) electrons. The number of urea groups is 1. The molecule has 100 valence electrons. The zero-order valence-electron chi connectivity index (χ0n) is 10.6. The van der Waals surface area contributed by atoms with Crippen LogP contribution in [0.2, 0.25) is 0 Å². The average molecular weight is 270 g/mol. The first-order valence-electron chi connectivity index (χ1n) is 6.08. The largest absolute Gasteiger partial charge is 0.480 e. The summed E-state index contributed by atoms with van der Waals surface area (Å²) in [6, 6.07) is -0.837. The Morgan fingerprint density at radius 2 is 2.22 bits per heavy atom. The lowest BCUT2D eigenvalue weighted by atomic mass is 10.1. The minimum Gasteiger partial charge on any atom is -0.480 e. The van der Waals surface area contributed by atoms with Gasteiger partial charge in [0.05, 0.1) is 5.37 Å². The van der Waals surface area contributed by atoms with E-state index in [1.807, 2.05) is 13.8 Å². The molecule has 2 heterocycles. The summed E-state index contributed by atoms with van der Waals surface area (Å²) in [6.45, 7) is 5.17. The van der Waals surface area contributed by atoms with E-state index in [-0.39, 0.29) is 11.4 Å². The molecular formula is C12H18N2O3S. The lowest BCUT2D eigenvalue weighted by Crippen LogP contribution is -2.52. The molecule has 18 heavy (non-hydrogen) atoms. The van der Waals surface area contributed by atoms with Gasteiger partial charge in [-0.15, -0.1) is 11.8 Å². The first-order valence-corrected chi connectivity index (χ1v) is 7.13. The number of thioether (sulfide) groups is 1. The minimum absolute atomic E-state index is 0.0650. The lowest BCUT2D eigenvalue weighted by Gasteiger charge is -2.34. The van der Waals surface area contributed by atoms with Gasteiger partial charge in [0, 0.05) is 18.8 Å². The molecule has 1 saturated heterocycles. The molecule has 0 aromatic heterocycles. The van der Waals surface area contributed by atoms with Crippen LogP contribution in [0.4, 0.5) is 4.79 Å². The van der Waals surface area contributed by atoms with Crippen molar-refractivity contribution < 1.29 is 14.7 Å². The Balaban J connectivity index is 2.11. The van der Waals surface area contributed by atoms with Gasteiger partial charge in [0.2, 0.25) is 0 Å². The summed E-state index contributed by atoms with van der Waals surface area (Å²) >= 11 is 1.52. The maximum Gasteiger partial charge on any atom is 0.327 e. The summed E-state index contributed by atoms with van der Waals surface area (Å²) in [4.78, 5) is 26.8. The van der Waals surface area contributed by atoms with E-state index in [2.05, 4.69) is 6.08 Å². The van der Waals surface area contributed by atoms with Gasteiger partial charge in [0.1, 0.15) is 6.04 Å². The minimum atomic E-state index is -0.913. The fraction of sp³-hybridized carbons (Fsp3) is 0.667. The van der Waals surface area contributed by atoms with Gasteiger partial charge < -0.3 is 10.0 Å². The number of rotatable bonds is 1. The van der Waals surface area contributed by atoms with E-state index in [1.54, 1.807) is 4.90 Å². The number of aliphatic carboxylic acids is 1. The quantitative estimate of drug-likeness (QED) is 0.735. The molecule has 5 nitrogen and oxygen atoms in total. The first kappa shape index (κ1) is 13.3. The lowest BCUT2D eigenvalue weighted by molar-refractivity contribution is -0.141. The van der Waals surface area contributed by atoms with Crippen LogP contribution in [0, 0.1) is 0 Å². The monoisotopic (exact) mass is 270 g/mol. The number of hydrogen-bond donors (Lipinski definition) is 1. The summed E-state index contributed by atoms with van der Waals surface area (Å²) in [5, 5.41) is 9.10. The third kappa shape index (κ3) is 2.48. The van der Waals surface area contributed by atoms with Gasteiger partial charge in [-0.1, -0.05) is 11.6 Å². The summed E-state index contributed by atoms with van der Waals surface area (Å²) in [5.41, 5.74) is 1.17. The van der Waals surface area contributed by atoms with E-state index in [9.17, 15) is 9.59 Å². The molecule has 2 unspecified atom stereocenters. The predicted octanol–water partition coefficient (Wildman–Crippen LogP) is 1.61. The average Bonchev–Trinajstić information content (AvgIpc) is 2.70. The second-order valence-corrected chi connectivity index (χ2v) is 6.09. The number of carboxylic acids is 1. The Morgan fingerprint density at radius 1 is 1.50 bits per heavy atom. The number of carboxylic acid groups (broad SMARTS) is 1. The Kier molecular flexibility index (Phi) is 3.85. The van der Waals surface area contributed by atoms with E-state index < -0.39 is 12.0 Å². The zero-order valence-corrected chi connectivity index (χ0v) is 11.4. The van der Waals surface area contributed by atoms with Crippen molar-refractivity contribution in [1.29, 1.82) is 0 Å². The SMILES string of the molecule is CC1=CCCN(C(=O)N2C(C)SCC2C(=O)O)C1. The maximum absolute atomic E-state index is 12.4. The van der Waals surface area contributed by atoms with Crippen molar-refractivity contribution in [3.8, 4) is 0 Å². The van der Waals surface area contributed by atoms with Crippen molar-refractivity contribution >= 4 is 23.8 Å².